The van der Waals surface area contributed by atoms with E-state index in [1.165, 1.54) is 43.8 Å². The Kier molecular flexibility index (Phi) is 19.9. The van der Waals surface area contributed by atoms with Crippen molar-refractivity contribution in [1.82, 2.24) is 15.1 Å². The number of nitrogens with one attached hydrogen (secondary N) is 1. The fourth-order valence-electron chi connectivity index (χ4n) is 3.02. The predicted octanol–water partition coefficient (Wildman–Crippen LogP) is 3.88. The molecule has 0 bridgehead atoms. The molecular weight excluding hydrogens is 406 g/mol. The number of likely N-dealkylation sites (N-methyl/N-ethyl adjacent to an activating group) is 1. The van der Waals surface area contributed by atoms with Crippen molar-refractivity contribution in [3.05, 3.63) is 11.6 Å². The van der Waals surface area contributed by atoms with Crippen LogP contribution < -0.4 is 5.32 Å². The van der Waals surface area contributed by atoms with Gasteiger partial charge in [0.15, 0.2) is 0 Å². The zero-order chi connectivity index (χ0) is 25.1. The Morgan fingerprint density at radius 3 is 1.97 bits per heavy atom. The van der Waals surface area contributed by atoms with Crippen molar-refractivity contribution in [2.75, 3.05) is 39.8 Å². The lowest BCUT2D eigenvalue weighted by molar-refractivity contribution is -0.138. The van der Waals surface area contributed by atoms with Gasteiger partial charge in [-0.25, -0.2) is 4.79 Å². The third-order valence-corrected chi connectivity index (χ3v) is 4.77. The molecule has 1 rings (SSSR count). The van der Waals surface area contributed by atoms with E-state index in [0.717, 1.165) is 5.92 Å². The summed E-state index contributed by atoms with van der Waals surface area (Å²) in [5, 5.41) is 2.34. The number of nitrogens with zero attached hydrogens (tertiary/aromatic N) is 2. The molecule has 1 heterocycles. The zero-order valence-electron chi connectivity index (χ0n) is 22.1. The van der Waals surface area contributed by atoms with E-state index in [4.69, 9.17) is 4.74 Å². The summed E-state index contributed by atoms with van der Waals surface area (Å²) in [7, 11) is 1.65. The van der Waals surface area contributed by atoms with E-state index in [2.05, 4.69) is 37.9 Å². The van der Waals surface area contributed by atoms with Gasteiger partial charge < -0.3 is 19.9 Å². The Labute approximate surface area is 196 Å². The van der Waals surface area contributed by atoms with Gasteiger partial charge in [0.2, 0.25) is 12.3 Å². The van der Waals surface area contributed by atoms with Crippen molar-refractivity contribution < 1.29 is 19.1 Å². The number of likely N-dealkylation sites (tertiary alicyclic amines) is 1. The van der Waals surface area contributed by atoms with Gasteiger partial charge in [0.1, 0.15) is 0 Å². The lowest BCUT2D eigenvalue weighted by Crippen LogP contribution is -2.43. The molecule has 2 amide bonds. The van der Waals surface area contributed by atoms with Crippen LogP contribution in [-0.2, 0) is 19.1 Å². The molecule has 0 aliphatic carbocycles. The predicted molar refractivity (Wildman–Crippen MR) is 132 cm³/mol. The van der Waals surface area contributed by atoms with Gasteiger partial charge in [-0.2, -0.15) is 0 Å². The van der Waals surface area contributed by atoms with Crippen LogP contribution in [0.5, 0.6) is 0 Å². The first kappa shape index (κ1) is 32.3. The molecule has 32 heavy (non-hydrogen) atoms. The van der Waals surface area contributed by atoms with Crippen LogP contribution in [-0.4, -0.2) is 74.0 Å². The molecule has 1 saturated heterocycles. The smallest absolute Gasteiger partial charge is 0.333 e. The van der Waals surface area contributed by atoms with Gasteiger partial charge in [-0.3, -0.25) is 9.59 Å². The van der Waals surface area contributed by atoms with Gasteiger partial charge in [0.25, 0.3) is 0 Å². The molecule has 0 aromatic rings. The Bertz CT molecular complexity index is 539. The Morgan fingerprint density at radius 1 is 1.06 bits per heavy atom. The molecule has 0 saturated carbocycles. The summed E-state index contributed by atoms with van der Waals surface area (Å²) in [6.45, 7) is 20.2. The maximum Gasteiger partial charge on any atom is 0.333 e. The van der Waals surface area contributed by atoms with E-state index < -0.39 is 0 Å². The molecule has 188 valence electrons. The number of rotatable bonds is 9. The summed E-state index contributed by atoms with van der Waals surface area (Å²) in [4.78, 5) is 37.8. The molecule has 1 aliphatic heterocycles. The molecule has 1 fully saturated rings. The maximum absolute atomic E-state index is 11.9. The van der Waals surface area contributed by atoms with E-state index in [1.807, 2.05) is 13.8 Å². The fourth-order valence-corrected chi connectivity index (χ4v) is 3.02. The van der Waals surface area contributed by atoms with Crippen LogP contribution >= 0.6 is 0 Å². The highest BCUT2D eigenvalue weighted by atomic mass is 16.5. The highest BCUT2D eigenvalue weighted by Gasteiger charge is 2.22. The SMILES string of the molecule is CC(C)C.CCN1CCCCC1.CCOC(=O)/C(C)=C/[C@H](C(C)C)N(C)C(=O)CNC=O. The highest BCUT2D eigenvalue weighted by Crippen LogP contribution is 2.14. The average molecular weight is 456 g/mol. The van der Waals surface area contributed by atoms with Crippen LogP contribution in [0.4, 0.5) is 0 Å². The van der Waals surface area contributed by atoms with E-state index >= 15 is 0 Å². The number of hydrogen-bond donors (Lipinski definition) is 1. The molecule has 1 aliphatic rings. The molecule has 0 radical (unpaired) electrons. The summed E-state index contributed by atoms with van der Waals surface area (Å²) in [5.74, 6) is 0.360. The number of hydrogen-bond acceptors (Lipinski definition) is 5. The fraction of sp³-hybridized carbons (Fsp3) is 0.800. The van der Waals surface area contributed by atoms with Crippen molar-refractivity contribution in [2.24, 2.45) is 11.8 Å². The molecule has 0 spiro atoms. The molecule has 7 heteroatoms. The average Bonchev–Trinajstić information content (AvgIpc) is 2.75. The molecule has 0 aromatic carbocycles. The van der Waals surface area contributed by atoms with Crippen LogP contribution in [0.1, 0.15) is 74.7 Å². The third kappa shape index (κ3) is 16.8. The number of esters is 1. The molecule has 0 unspecified atom stereocenters. The van der Waals surface area contributed by atoms with Crippen LogP contribution in [0, 0.1) is 11.8 Å². The quantitative estimate of drug-likeness (QED) is 0.324. The van der Waals surface area contributed by atoms with Crippen molar-refractivity contribution >= 4 is 18.3 Å². The summed E-state index contributed by atoms with van der Waals surface area (Å²) in [5.41, 5.74) is 0.466. The third-order valence-electron chi connectivity index (χ3n) is 4.77. The van der Waals surface area contributed by atoms with Crippen molar-refractivity contribution in [2.45, 2.75) is 80.7 Å². The Balaban J connectivity index is 0. The minimum Gasteiger partial charge on any atom is -0.463 e. The number of carbonyl (C=O) groups is 3. The minimum atomic E-state index is -0.384. The summed E-state index contributed by atoms with van der Waals surface area (Å²) in [6, 6.07) is -0.236. The van der Waals surface area contributed by atoms with Crippen LogP contribution in [0.25, 0.3) is 0 Å². The van der Waals surface area contributed by atoms with Crippen molar-refractivity contribution in [3.8, 4) is 0 Å². The largest absolute Gasteiger partial charge is 0.463 e. The number of piperidine rings is 1. The maximum atomic E-state index is 11.9. The molecule has 0 aromatic heterocycles. The first-order valence-corrected chi connectivity index (χ1v) is 12.0. The van der Waals surface area contributed by atoms with E-state index in [0.29, 0.717) is 18.6 Å². The zero-order valence-corrected chi connectivity index (χ0v) is 22.1. The second-order valence-corrected chi connectivity index (χ2v) is 9.04. The van der Waals surface area contributed by atoms with Gasteiger partial charge in [-0.15, -0.1) is 0 Å². The van der Waals surface area contributed by atoms with Gasteiger partial charge >= 0.3 is 5.97 Å². The normalized spacial score (nSPS) is 15.0. The standard InChI is InChI=1S/C14H24N2O4.C7H15N.C4H10/c1-6-20-14(19)11(4)7-12(10(2)3)16(5)13(18)8-15-9-17;1-2-8-6-4-3-5-7-8;1-4(2)3/h7,9-10,12H,6,8H2,1-5H3,(H,15,17);2-7H2,1H3;4H,1-3H3/b11-7+;;/t12-;;/m1../s1. The van der Waals surface area contributed by atoms with Gasteiger partial charge in [-0.1, -0.05) is 54.0 Å². The summed E-state index contributed by atoms with van der Waals surface area (Å²) >= 11 is 0. The Hall–Kier alpha value is -1.89. The van der Waals surface area contributed by atoms with Crippen LogP contribution in [0.3, 0.4) is 0 Å². The monoisotopic (exact) mass is 455 g/mol. The second kappa shape index (κ2) is 19.8. The number of amides is 2. The molecular formula is C25H49N3O4. The molecule has 7 nitrogen and oxygen atoms in total. The number of ether oxygens (including phenoxy) is 1. The molecule has 1 N–H and O–H groups in total. The second-order valence-electron chi connectivity index (χ2n) is 9.04. The topological polar surface area (TPSA) is 79.0 Å². The van der Waals surface area contributed by atoms with Gasteiger partial charge in [0, 0.05) is 12.6 Å². The van der Waals surface area contributed by atoms with E-state index in [1.54, 1.807) is 27.0 Å². The van der Waals surface area contributed by atoms with Crippen molar-refractivity contribution in [3.63, 3.8) is 0 Å². The van der Waals surface area contributed by atoms with Crippen LogP contribution in [0.15, 0.2) is 11.6 Å². The first-order valence-electron chi connectivity index (χ1n) is 12.0. The van der Waals surface area contributed by atoms with E-state index in [9.17, 15) is 14.4 Å². The lowest BCUT2D eigenvalue weighted by atomic mass is 10.00. The van der Waals surface area contributed by atoms with Crippen molar-refractivity contribution in [1.29, 1.82) is 0 Å². The Morgan fingerprint density at radius 2 is 1.59 bits per heavy atom. The van der Waals surface area contributed by atoms with Gasteiger partial charge in [-0.05, 0) is 58.2 Å². The summed E-state index contributed by atoms with van der Waals surface area (Å²) < 4.78 is 4.92. The highest BCUT2D eigenvalue weighted by molar-refractivity contribution is 5.88. The van der Waals surface area contributed by atoms with E-state index in [-0.39, 0.29) is 30.4 Å². The lowest BCUT2D eigenvalue weighted by Gasteiger charge is -2.29. The molecule has 1 atom stereocenters. The van der Waals surface area contributed by atoms with Gasteiger partial charge in [0.05, 0.1) is 19.2 Å². The van der Waals surface area contributed by atoms with Crippen LogP contribution in [0.2, 0.25) is 0 Å². The number of carbonyl (C=O) groups excluding carboxylic acids is 3. The minimum absolute atomic E-state index is 0.0600. The first-order chi connectivity index (χ1) is 15.0. The summed E-state index contributed by atoms with van der Waals surface area (Å²) in [6.07, 6.45) is 6.51.